The van der Waals surface area contributed by atoms with Crippen LogP contribution in [-0.4, -0.2) is 16.1 Å². The SMILES string of the molecule is CCCn1c(CCC(C)CN)nc2c(F)cccc21. The first kappa shape index (κ1) is 14.0. The van der Waals surface area contributed by atoms with E-state index in [1.807, 2.05) is 6.07 Å². The molecule has 0 aliphatic rings. The third-order valence-electron chi connectivity index (χ3n) is 3.52. The molecule has 0 saturated heterocycles. The Morgan fingerprint density at radius 3 is 2.89 bits per heavy atom. The van der Waals surface area contributed by atoms with Gasteiger partial charge in [0, 0.05) is 13.0 Å². The largest absolute Gasteiger partial charge is 0.330 e. The molecule has 1 atom stereocenters. The van der Waals surface area contributed by atoms with Gasteiger partial charge in [0.1, 0.15) is 11.3 Å². The fourth-order valence-corrected chi connectivity index (χ4v) is 2.32. The van der Waals surface area contributed by atoms with Gasteiger partial charge in [-0.15, -0.1) is 0 Å². The number of nitrogens with zero attached hydrogens (tertiary/aromatic N) is 2. The molecule has 104 valence electrons. The van der Waals surface area contributed by atoms with E-state index in [1.165, 1.54) is 6.07 Å². The minimum atomic E-state index is -0.236. The Labute approximate surface area is 113 Å². The number of aryl methyl sites for hydroxylation is 2. The van der Waals surface area contributed by atoms with Crippen LogP contribution in [0.25, 0.3) is 11.0 Å². The lowest BCUT2D eigenvalue weighted by atomic mass is 10.1. The van der Waals surface area contributed by atoms with Gasteiger partial charge in [-0.05, 0) is 37.4 Å². The van der Waals surface area contributed by atoms with Crippen molar-refractivity contribution in [2.24, 2.45) is 11.7 Å². The van der Waals surface area contributed by atoms with Gasteiger partial charge in [-0.1, -0.05) is 19.9 Å². The lowest BCUT2D eigenvalue weighted by molar-refractivity contribution is 0.523. The summed E-state index contributed by atoms with van der Waals surface area (Å²) < 4.78 is 15.9. The van der Waals surface area contributed by atoms with E-state index in [2.05, 4.69) is 23.4 Å². The van der Waals surface area contributed by atoms with Crippen LogP contribution in [-0.2, 0) is 13.0 Å². The summed E-state index contributed by atoms with van der Waals surface area (Å²) in [4.78, 5) is 4.48. The van der Waals surface area contributed by atoms with Crippen molar-refractivity contribution >= 4 is 11.0 Å². The van der Waals surface area contributed by atoms with E-state index in [1.54, 1.807) is 6.07 Å². The molecule has 2 rings (SSSR count). The second kappa shape index (κ2) is 6.15. The van der Waals surface area contributed by atoms with Crippen molar-refractivity contribution in [3.8, 4) is 0 Å². The predicted octanol–water partition coefficient (Wildman–Crippen LogP) is 3.11. The van der Waals surface area contributed by atoms with Crippen molar-refractivity contribution < 1.29 is 4.39 Å². The highest BCUT2D eigenvalue weighted by Gasteiger charge is 2.13. The molecule has 0 aliphatic heterocycles. The minimum Gasteiger partial charge on any atom is -0.330 e. The summed E-state index contributed by atoms with van der Waals surface area (Å²) in [6, 6.07) is 5.16. The van der Waals surface area contributed by atoms with Gasteiger partial charge in [0.05, 0.1) is 5.52 Å². The van der Waals surface area contributed by atoms with Crippen LogP contribution in [0.15, 0.2) is 18.2 Å². The number of para-hydroxylation sites is 1. The zero-order valence-electron chi connectivity index (χ0n) is 11.7. The van der Waals surface area contributed by atoms with Crippen LogP contribution in [0.5, 0.6) is 0 Å². The molecule has 0 bridgehead atoms. The summed E-state index contributed by atoms with van der Waals surface area (Å²) in [5, 5.41) is 0. The third kappa shape index (κ3) is 2.95. The molecule has 0 fully saturated rings. The van der Waals surface area contributed by atoms with Crippen molar-refractivity contribution in [3.05, 3.63) is 29.8 Å². The molecule has 0 spiro atoms. The first-order chi connectivity index (χ1) is 9.17. The Morgan fingerprint density at radius 1 is 1.42 bits per heavy atom. The predicted molar refractivity (Wildman–Crippen MR) is 76.5 cm³/mol. The molecule has 4 heteroatoms. The molecule has 2 aromatic rings. The Bertz CT molecular complexity index is 548. The zero-order valence-corrected chi connectivity index (χ0v) is 11.7. The number of fused-ring (bicyclic) bond motifs is 1. The first-order valence-electron chi connectivity index (χ1n) is 7.01. The zero-order chi connectivity index (χ0) is 13.8. The van der Waals surface area contributed by atoms with E-state index in [4.69, 9.17) is 5.73 Å². The molecule has 1 heterocycles. The highest BCUT2D eigenvalue weighted by Crippen LogP contribution is 2.21. The van der Waals surface area contributed by atoms with Crippen LogP contribution >= 0.6 is 0 Å². The van der Waals surface area contributed by atoms with Gasteiger partial charge in [0.25, 0.3) is 0 Å². The normalized spacial score (nSPS) is 13.1. The summed E-state index contributed by atoms with van der Waals surface area (Å²) in [5.41, 5.74) is 7.04. The van der Waals surface area contributed by atoms with Gasteiger partial charge >= 0.3 is 0 Å². The number of halogens is 1. The van der Waals surface area contributed by atoms with Crippen LogP contribution in [0.1, 0.15) is 32.5 Å². The minimum absolute atomic E-state index is 0.236. The number of nitrogens with two attached hydrogens (primary N) is 1. The Morgan fingerprint density at radius 2 is 2.21 bits per heavy atom. The monoisotopic (exact) mass is 263 g/mol. The summed E-state index contributed by atoms with van der Waals surface area (Å²) in [5.74, 6) is 1.21. The summed E-state index contributed by atoms with van der Waals surface area (Å²) in [6.45, 7) is 5.82. The maximum atomic E-state index is 13.8. The maximum Gasteiger partial charge on any atom is 0.151 e. The molecular weight excluding hydrogens is 241 g/mol. The molecule has 1 aromatic carbocycles. The molecule has 0 amide bonds. The van der Waals surface area contributed by atoms with Gasteiger partial charge in [-0.2, -0.15) is 0 Å². The van der Waals surface area contributed by atoms with E-state index < -0.39 is 0 Å². The number of rotatable bonds is 6. The van der Waals surface area contributed by atoms with Crippen molar-refractivity contribution in [2.75, 3.05) is 6.54 Å². The van der Waals surface area contributed by atoms with Crippen LogP contribution in [0, 0.1) is 11.7 Å². The fourth-order valence-electron chi connectivity index (χ4n) is 2.32. The summed E-state index contributed by atoms with van der Waals surface area (Å²) in [6.07, 6.45) is 2.86. The standard InChI is InChI=1S/C15H22FN3/c1-3-9-19-13-6-4-5-12(16)15(13)18-14(19)8-7-11(2)10-17/h4-6,11H,3,7-10,17H2,1-2H3. The number of benzene rings is 1. The molecule has 0 aliphatic carbocycles. The summed E-state index contributed by atoms with van der Waals surface area (Å²) in [7, 11) is 0. The average molecular weight is 263 g/mol. The van der Waals surface area contributed by atoms with E-state index in [-0.39, 0.29) is 5.82 Å². The Balaban J connectivity index is 2.36. The maximum absolute atomic E-state index is 13.8. The number of imidazole rings is 1. The molecule has 0 saturated carbocycles. The van der Waals surface area contributed by atoms with Crippen LogP contribution in [0.4, 0.5) is 4.39 Å². The molecule has 2 N–H and O–H groups in total. The van der Waals surface area contributed by atoms with Gasteiger partial charge in [0.2, 0.25) is 0 Å². The first-order valence-corrected chi connectivity index (χ1v) is 7.01. The number of hydrogen-bond acceptors (Lipinski definition) is 2. The highest BCUT2D eigenvalue weighted by molar-refractivity contribution is 5.76. The smallest absolute Gasteiger partial charge is 0.151 e. The van der Waals surface area contributed by atoms with Gasteiger partial charge < -0.3 is 10.3 Å². The average Bonchev–Trinajstić information content (AvgIpc) is 2.76. The van der Waals surface area contributed by atoms with Crippen molar-refractivity contribution in [2.45, 2.75) is 39.7 Å². The van der Waals surface area contributed by atoms with Crippen molar-refractivity contribution in [3.63, 3.8) is 0 Å². The molecule has 19 heavy (non-hydrogen) atoms. The second-order valence-electron chi connectivity index (χ2n) is 5.17. The Kier molecular flexibility index (Phi) is 4.53. The molecular formula is C15H22FN3. The van der Waals surface area contributed by atoms with Gasteiger partial charge in [-0.25, -0.2) is 9.37 Å². The third-order valence-corrected chi connectivity index (χ3v) is 3.52. The van der Waals surface area contributed by atoms with Crippen molar-refractivity contribution in [1.82, 2.24) is 9.55 Å². The van der Waals surface area contributed by atoms with E-state index in [0.717, 1.165) is 37.1 Å². The lowest BCUT2D eigenvalue weighted by Crippen LogP contribution is -2.13. The number of aromatic nitrogens is 2. The number of hydrogen-bond donors (Lipinski definition) is 1. The van der Waals surface area contributed by atoms with Crippen LogP contribution in [0.3, 0.4) is 0 Å². The van der Waals surface area contributed by atoms with E-state index >= 15 is 0 Å². The topological polar surface area (TPSA) is 43.8 Å². The second-order valence-corrected chi connectivity index (χ2v) is 5.17. The fraction of sp³-hybridized carbons (Fsp3) is 0.533. The summed E-state index contributed by atoms with van der Waals surface area (Å²) >= 11 is 0. The van der Waals surface area contributed by atoms with E-state index in [9.17, 15) is 4.39 Å². The highest BCUT2D eigenvalue weighted by atomic mass is 19.1. The van der Waals surface area contributed by atoms with Crippen LogP contribution in [0.2, 0.25) is 0 Å². The Hall–Kier alpha value is -1.42. The molecule has 1 aromatic heterocycles. The van der Waals surface area contributed by atoms with Gasteiger partial charge in [-0.3, -0.25) is 0 Å². The van der Waals surface area contributed by atoms with Crippen molar-refractivity contribution in [1.29, 1.82) is 0 Å². The van der Waals surface area contributed by atoms with Gasteiger partial charge in [0.15, 0.2) is 5.82 Å². The molecule has 1 unspecified atom stereocenters. The quantitative estimate of drug-likeness (QED) is 0.870. The lowest BCUT2D eigenvalue weighted by Gasteiger charge is -2.10. The molecule has 3 nitrogen and oxygen atoms in total. The van der Waals surface area contributed by atoms with E-state index in [0.29, 0.717) is 18.0 Å². The van der Waals surface area contributed by atoms with Crippen LogP contribution < -0.4 is 5.73 Å². The molecule has 0 radical (unpaired) electrons.